The number of benzene rings is 2. The summed E-state index contributed by atoms with van der Waals surface area (Å²) in [6, 6.07) is 15.2. The molecule has 2 aromatic heterocycles. The largest absolute Gasteiger partial charge is 0.369 e. The van der Waals surface area contributed by atoms with Gasteiger partial charge in [-0.2, -0.15) is 4.57 Å². The van der Waals surface area contributed by atoms with Crippen molar-refractivity contribution in [3.05, 3.63) is 60.4 Å². The van der Waals surface area contributed by atoms with E-state index >= 15 is 0 Å². The average Bonchev–Trinajstić information content (AvgIpc) is 3.16. The first-order chi connectivity index (χ1) is 12.2. The lowest BCUT2D eigenvalue weighted by Gasteiger charge is -2.04. The van der Waals surface area contributed by atoms with Gasteiger partial charge >= 0.3 is 5.95 Å². The average molecular weight is 337 g/mol. The minimum absolute atomic E-state index is 1.16. The third-order valence-corrected chi connectivity index (χ3v) is 4.24. The van der Waals surface area contributed by atoms with Crippen LogP contribution in [0.3, 0.4) is 0 Å². The maximum atomic E-state index is 2.36. The second-order valence-electron chi connectivity index (χ2n) is 5.64. The molecule has 0 bridgehead atoms. The van der Waals surface area contributed by atoms with E-state index < -0.39 is 0 Å². The molecule has 3 heteroatoms. The van der Waals surface area contributed by atoms with E-state index in [1.165, 1.54) is 27.4 Å². The predicted molar refractivity (Wildman–Crippen MR) is 108 cm³/mol. The zero-order chi connectivity index (χ0) is 18.6. The lowest BCUT2D eigenvalue weighted by atomic mass is 10.1. The normalized spacial score (nSPS) is 10.2. The number of aryl methyl sites for hydroxylation is 3. The maximum Gasteiger partial charge on any atom is 0.369 e. The highest BCUT2D eigenvalue weighted by molar-refractivity contribution is 6.09. The van der Waals surface area contributed by atoms with E-state index in [0.29, 0.717) is 0 Å². The molecule has 0 atom stereocenters. The third-order valence-electron chi connectivity index (χ3n) is 4.24. The molecule has 0 aliphatic carbocycles. The number of imidazole rings is 1. The van der Waals surface area contributed by atoms with Crippen molar-refractivity contribution in [1.82, 2.24) is 9.13 Å². The summed E-state index contributed by atoms with van der Waals surface area (Å²) >= 11 is 0. The Kier molecular flexibility index (Phi) is 6.02. The fourth-order valence-electron chi connectivity index (χ4n) is 3.30. The van der Waals surface area contributed by atoms with Crippen LogP contribution in [0.25, 0.3) is 27.8 Å². The molecule has 4 rings (SSSR count). The second kappa shape index (κ2) is 8.02. The lowest BCUT2D eigenvalue weighted by molar-refractivity contribution is -0.664. The van der Waals surface area contributed by atoms with Crippen LogP contribution in [0.4, 0.5) is 0 Å². The molecule has 0 unspecified atom stereocenters. The fourth-order valence-corrected chi connectivity index (χ4v) is 3.30. The monoisotopic (exact) mass is 336 g/mol. The maximum absolute atomic E-state index is 2.36. The standard InChI is InChI=1S/C18H18N3.2C2H6/c1-13-7-6-9-15-14-8-4-5-10-16(14)21(17(13)15)18-19(2)11-12-20(18)3;2*1-2/h4-12H,1-3H3;2*1-2H3/q+1;;. The molecular weight excluding hydrogens is 306 g/mol. The third kappa shape index (κ3) is 3.07. The van der Waals surface area contributed by atoms with Crippen molar-refractivity contribution in [2.75, 3.05) is 0 Å². The lowest BCUT2D eigenvalue weighted by Crippen LogP contribution is -2.32. The molecule has 0 amide bonds. The van der Waals surface area contributed by atoms with Gasteiger partial charge in [0, 0.05) is 10.8 Å². The Morgan fingerprint density at radius 3 is 2.12 bits per heavy atom. The van der Waals surface area contributed by atoms with Crippen molar-refractivity contribution in [1.29, 1.82) is 0 Å². The van der Waals surface area contributed by atoms with Crippen molar-refractivity contribution in [2.24, 2.45) is 14.1 Å². The summed E-state index contributed by atoms with van der Waals surface area (Å²) in [5.74, 6) is 1.16. The Balaban J connectivity index is 0.000000528. The minimum Gasteiger partial charge on any atom is -0.237 e. The number of hydrogen-bond acceptors (Lipinski definition) is 0. The summed E-state index contributed by atoms with van der Waals surface area (Å²) in [5, 5.41) is 2.62. The molecule has 2 aromatic carbocycles. The Morgan fingerprint density at radius 2 is 1.48 bits per heavy atom. The van der Waals surface area contributed by atoms with Gasteiger partial charge in [0.15, 0.2) is 0 Å². The van der Waals surface area contributed by atoms with Crippen LogP contribution in [-0.2, 0) is 14.1 Å². The summed E-state index contributed by atoms with van der Waals surface area (Å²) in [6.07, 6.45) is 4.18. The van der Waals surface area contributed by atoms with Crippen molar-refractivity contribution in [2.45, 2.75) is 34.6 Å². The minimum atomic E-state index is 1.16. The van der Waals surface area contributed by atoms with E-state index in [4.69, 9.17) is 0 Å². The molecule has 25 heavy (non-hydrogen) atoms. The van der Waals surface area contributed by atoms with E-state index in [1.54, 1.807) is 0 Å². The molecule has 0 saturated heterocycles. The quantitative estimate of drug-likeness (QED) is 0.418. The first-order valence-electron chi connectivity index (χ1n) is 9.18. The first kappa shape index (κ1) is 18.8. The number of aromatic nitrogens is 3. The van der Waals surface area contributed by atoms with Gasteiger partial charge in [0.25, 0.3) is 0 Å². The Labute approximate surface area is 151 Å². The Hall–Kier alpha value is -2.55. The number of para-hydroxylation sites is 2. The molecule has 0 aliphatic heterocycles. The fraction of sp³-hybridized carbons (Fsp3) is 0.318. The van der Waals surface area contributed by atoms with Crippen molar-refractivity contribution in [3.63, 3.8) is 0 Å². The van der Waals surface area contributed by atoms with Gasteiger partial charge in [-0.15, -0.1) is 0 Å². The van der Waals surface area contributed by atoms with Gasteiger partial charge in [0.05, 0.1) is 26.5 Å². The van der Waals surface area contributed by atoms with Crippen LogP contribution < -0.4 is 4.57 Å². The van der Waals surface area contributed by atoms with E-state index in [9.17, 15) is 0 Å². The number of rotatable bonds is 1. The van der Waals surface area contributed by atoms with E-state index in [1.807, 2.05) is 27.7 Å². The molecule has 0 fully saturated rings. The van der Waals surface area contributed by atoms with E-state index in [2.05, 4.69) is 89.6 Å². The molecule has 132 valence electrons. The van der Waals surface area contributed by atoms with Crippen molar-refractivity contribution >= 4 is 21.8 Å². The van der Waals surface area contributed by atoms with Gasteiger partial charge in [-0.1, -0.05) is 64.1 Å². The molecule has 2 heterocycles. The highest BCUT2D eigenvalue weighted by atomic mass is 15.3. The van der Waals surface area contributed by atoms with Crippen LogP contribution in [-0.4, -0.2) is 9.13 Å². The molecule has 0 spiro atoms. The van der Waals surface area contributed by atoms with Crippen LogP contribution >= 0.6 is 0 Å². The highest BCUT2D eigenvalue weighted by Crippen LogP contribution is 2.32. The molecule has 0 saturated carbocycles. The zero-order valence-corrected chi connectivity index (χ0v) is 16.5. The summed E-state index contributed by atoms with van der Waals surface area (Å²) in [4.78, 5) is 0. The molecular formula is C22H30N3+. The van der Waals surface area contributed by atoms with Crippen molar-refractivity contribution in [3.8, 4) is 5.95 Å². The van der Waals surface area contributed by atoms with Gasteiger partial charge in [-0.3, -0.25) is 0 Å². The second-order valence-corrected chi connectivity index (χ2v) is 5.64. The summed E-state index contributed by atoms with van der Waals surface area (Å²) in [6.45, 7) is 10.2. The van der Waals surface area contributed by atoms with Crippen LogP contribution in [0.15, 0.2) is 54.9 Å². The van der Waals surface area contributed by atoms with E-state index in [0.717, 1.165) is 5.95 Å². The van der Waals surface area contributed by atoms with Crippen LogP contribution in [0.2, 0.25) is 0 Å². The van der Waals surface area contributed by atoms with Crippen LogP contribution in [0.5, 0.6) is 0 Å². The van der Waals surface area contributed by atoms with Gasteiger partial charge in [-0.25, -0.2) is 9.13 Å². The van der Waals surface area contributed by atoms with Gasteiger partial charge in [0.2, 0.25) is 0 Å². The SMILES string of the molecule is CC.CC.Cc1cccc2c3ccccc3n(-c3n(C)cc[n+]3C)c12. The Morgan fingerprint density at radius 1 is 0.840 bits per heavy atom. The predicted octanol–water partition coefficient (Wildman–Crippen LogP) is 5.31. The number of nitrogens with zero attached hydrogens (tertiary/aromatic N) is 3. The smallest absolute Gasteiger partial charge is 0.237 e. The summed E-state index contributed by atoms with van der Waals surface area (Å²) in [5.41, 5.74) is 3.83. The number of hydrogen-bond donors (Lipinski definition) is 0. The first-order valence-corrected chi connectivity index (χ1v) is 9.18. The molecule has 0 N–H and O–H groups in total. The topological polar surface area (TPSA) is 13.7 Å². The van der Waals surface area contributed by atoms with E-state index in [-0.39, 0.29) is 0 Å². The zero-order valence-electron chi connectivity index (χ0n) is 16.5. The van der Waals surface area contributed by atoms with Crippen molar-refractivity contribution < 1.29 is 4.57 Å². The van der Waals surface area contributed by atoms with Gasteiger partial charge in [0.1, 0.15) is 11.0 Å². The molecule has 0 radical (unpaired) electrons. The molecule has 3 nitrogen and oxygen atoms in total. The van der Waals surface area contributed by atoms with Crippen LogP contribution in [0.1, 0.15) is 33.3 Å². The molecule has 0 aliphatic rings. The van der Waals surface area contributed by atoms with Crippen LogP contribution in [0, 0.1) is 6.92 Å². The Bertz CT molecular complexity index is 954. The van der Waals surface area contributed by atoms with Gasteiger partial charge in [-0.05, 0) is 18.6 Å². The highest BCUT2D eigenvalue weighted by Gasteiger charge is 2.23. The summed E-state index contributed by atoms with van der Waals surface area (Å²) in [7, 11) is 4.18. The summed E-state index contributed by atoms with van der Waals surface area (Å²) < 4.78 is 6.69. The number of fused-ring (bicyclic) bond motifs is 3. The van der Waals surface area contributed by atoms with Gasteiger partial charge < -0.3 is 0 Å². The molecule has 4 aromatic rings.